The van der Waals surface area contributed by atoms with Gasteiger partial charge in [0, 0.05) is 5.39 Å². The van der Waals surface area contributed by atoms with E-state index >= 15 is 0 Å². The Balaban J connectivity index is 2.29. The lowest BCUT2D eigenvalue weighted by Gasteiger charge is -2.17. The van der Waals surface area contributed by atoms with Crippen molar-refractivity contribution in [1.29, 1.82) is 0 Å². The second-order valence-electron chi connectivity index (χ2n) is 4.00. The molecule has 92 valence electrons. The van der Waals surface area contributed by atoms with Gasteiger partial charge in [-0.1, -0.05) is 6.07 Å². The highest BCUT2D eigenvalue weighted by Crippen LogP contribution is 2.24. The lowest BCUT2D eigenvalue weighted by atomic mass is 10.0. The lowest BCUT2D eigenvalue weighted by Crippen LogP contribution is -2.21. The van der Waals surface area contributed by atoms with Crippen LogP contribution in [0.1, 0.15) is 18.1 Å². The van der Waals surface area contributed by atoms with Crippen LogP contribution in [0, 0.1) is 0 Å². The van der Waals surface area contributed by atoms with E-state index < -0.39 is 12.2 Å². The number of benzene rings is 1. The summed E-state index contributed by atoms with van der Waals surface area (Å²) in [5.74, 6) is 0.420. The summed E-state index contributed by atoms with van der Waals surface area (Å²) >= 11 is 0. The van der Waals surface area contributed by atoms with E-state index in [0.29, 0.717) is 24.3 Å². The van der Waals surface area contributed by atoms with E-state index in [2.05, 4.69) is 10.2 Å². The van der Waals surface area contributed by atoms with Gasteiger partial charge in [-0.3, -0.25) is 5.10 Å². The number of nitrogen functional groups attached to an aromatic ring is 1. The number of H-pyrrole nitrogens is 1. The zero-order chi connectivity index (χ0) is 12.4. The summed E-state index contributed by atoms with van der Waals surface area (Å²) in [4.78, 5) is 0. The molecule has 0 aliphatic rings. The molecule has 0 radical (unpaired) electrons. The molecule has 0 saturated heterocycles. The molecular weight excluding hydrogens is 220 g/mol. The van der Waals surface area contributed by atoms with E-state index in [4.69, 9.17) is 11.5 Å². The number of rotatable bonds is 4. The number of anilines is 1. The minimum absolute atomic E-state index is 0.331. The van der Waals surface area contributed by atoms with Gasteiger partial charge in [0.25, 0.3) is 0 Å². The van der Waals surface area contributed by atoms with Crippen molar-refractivity contribution in [2.24, 2.45) is 5.73 Å². The second-order valence-corrected chi connectivity index (χ2v) is 4.00. The van der Waals surface area contributed by atoms with E-state index in [1.165, 1.54) is 0 Å². The summed E-state index contributed by atoms with van der Waals surface area (Å²) in [6, 6.07) is 5.21. The van der Waals surface area contributed by atoms with Gasteiger partial charge in [0.2, 0.25) is 0 Å². The lowest BCUT2D eigenvalue weighted by molar-refractivity contribution is 0.0151. The van der Waals surface area contributed by atoms with Gasteiger partial charge in [-0.15, -0.1) is 0 Å². The fraction of sp³-hybridized carbons (Fsp3) is 0.364. The number of aromatic amines is 1. The summed E-state index contributed by atoms with van der Waals surface area (Å²) in [6.07, 6.45) is -1.46. The van der Waals surface area contributed by atoms with Crippen LogP contribution < -0.4 is 11.5 Å². The summed E-state index contributed by atoms with van der Waals surface area (Å²) in [7, 11) is 0. The average Bonchev–Trinajstić information content (AvgIpc) is 2.70. The minimum atomic E-state index is -0.951. The molecule has 1 aromatic heterocycles. The number of nitrogens with zero attached hydrogens (tertiary/aromatic N) is 1. The zero-order valence-electron chi connectivity index (χ0n) is 9.30. The van der Waals surface area contributed by atoms with Crippen LogP contribution in [0.3, 0.4) is 0 Å². The highest BCUT2D eigenvalue weighted by atomic mass is 16.3. The van der Waals surface area contributed by atoms with E-state index in [-0.39, 0.29) is 0 Å². The molecule has 0 spiro atoms. The molecule has 6 heteroatoms. The Morgan fingerprint density at radius 1 is 1.35 bits per heavy atom. The largest absolute Gasteiger partial charge is 0.390 e. The number of nitrogens with two attached hydrogens (primary N) is 2. The maximum Gasteiger partial charge on any atom is 0.153 e. The van der Waals surface area contributed by atoms with Gasteiger partial charge in [-0.25, -0.2) is 0 Å². The molecule has 0 bridgehead atoms. The van der Waals surface area contributed by atoms with E-state index in [0.717, 1.165) is 10.9 Å². The zero-order valence-corrected chi connectivity index (χ0v) is 9.30. The Morgan fingerprint density at radius 3 is 2.82 bits per heavy atom. The van der Waals surface area contributed by atoms with Crippen LogP contribution >= 0.6 is 0 Å². The molecule has 7 N–H and O–H groups in total. The Labute approximate surface area is 98.2 Å². The Bertz CT molecular complexity index is 511. The van der Waals surface area contributed by atoms with Crippen LogP contribution in [-0.2, 0) is 0 Å². The number of aromatic nitrogens is 2. The normalized spacial score (nSPS) is 15.0. The number of nitrogens with one attached hydrogen (secondary N) is 1. The molecule has 6 nitrogen and oxygen atoms in total. The van der Waals surface area contributed by atoms with Crippen LogP contribution in [0.5, 0.6) is 0 Å². The predicted molar refractivity (Wildman–Crippen MR) is 65.1 cm³/mol. The molecule has 2 aromatic rings. The monoisotopic (exact) mass is 236 g/mol. The van der Waals surface area contributed by atoms with Crippen LogP contribution in [0.15, 0.2) is 18.2 Å². The van der Waals surface area contributed by atoms with Crippen LogP contribution in [-0.4, -0.2) is 33.1 Å². The molecule has 2 rings (SSSR count). The first-order valence-electron chi connectivity index (χ1n) is 5.43. The summed E-state index contributed by atoms with van der Waals surface area (Å²) < 4.78 is 0. The summed E-state index contributed by atoms with van der Waals surface area (Å²) in [5, 5.41) is 27.0. The topological polar surface area (TPSA) is 121 Å². The van der Waals surface area contributed by atoms with Crippen LogP contribution in [0.2, 0.25) is 0 Å². The number of fused-ring (bicyclic) bond motifs is 1. The van der Waals surface area contributed by atoms with Crippen molar-refractivity contribution >= 4 is 16.7 Å². The van der Waals surface area contributed by atoms with Gasteiger partial charge >= 0.3 is 0 Å². The number of aliphatic hydroxyl groups is 2. The fourth-order valence-electron chi connectivity index (χ4n) is 1.79. The molecule has 0 aliphatic heterocycles. The van der Waals surface area contributed by atoms with Crippen molar-refractivity contribution < 1.29 is 10.2 Å². The van der Waals surface area contributed by atoms with Gasteiger partial charge in [0.15, 0.2) is 5.82 Å². The standard InChI is InChI=1S/C11H16N4O2/c12-4-3-9(16)10(17)6-1-2-7-8(5-6)14-15-11(7)13/h1-2,5,9-10,16-17H,3-4,12H2,(H3,13,14,15). The van der Waals surface area contributed by atoms with Crippen molar-refractivity contribution in [1.82, 2.24) is 10.2 Å². The molecule has 2 atom stereocenters. The molecule has 0 saturated carbocycles. The molecule has 17 heavy (non-hydrogen) atoms. The third-order valence-electron chi connectivity index (χ3n) is 2.78. The maximum atomic E-state index is 9.92. The first kappa shape index (κ1) is 11.8. The van der Waals surface area contributed by atoms with Crippen molar-refractivity contribution in [2.45, 2.75) is 18.6 Å². The molecule has 2 unspecified atom stereocenters. The maximum absolute atomic E-state index is 9.92. The van der Waals surface area contributed by atoms with Gasteiger partial charge in [0.1, 0.15) is 6.10 Å². The van der Waals surface area contributed by atoms with E-state index in [9.17, 15) is 10.2 Å². The highest BCUT2D eigenvalue weighted by Gasteiger charge is 2.18. The second kappa shape index (κ2) is 4.70. The average molecular weight is 236 g/mol. The van der Waals surface area contributed by atoms with Gasteiger partial charge in [-0.05, 0) is 30.7 Å². The van der Waals surface area contributed by atoms with E-state index in [1.807, 2.05) is 0 Å². The first-order chi connectivity index (χ1) is 8.13. The Hall–Kier alpha value is -1.63. The van der Waals surface area contributed by atoms with Crippen molar-refractivity contribution in [3.05, 3.63) is 23.8 Å². The highest BCUT2D eigenvalue weighted by molar-refractivity contribution is 5.88. The van der Waals surface area contributed by atoms with Crippen molar-refractivity contribution in [3.63, 3.8) is 0 Å². The smallest absolute Gasteiger partial charge is 0.153 e. The van der Waals surface area contributed by atoms with Gasteiger partial charge in [0.05, 0.1) is 11.6 Å². The Morgan fingerprint density at radius 2 is 2.12 bits per heavy atom. The van der Waals surface area contributed by atoms with Crippen molar-refractivity contribution in [3.8, 4) is 0 Å². The van der Waals surface area contributed by atoms with Gasteiger partial charge < -0.3 is 21.7 Å². The van der Waals surface area contributed by atoms with E-state index in [1.54, 1.807) is 18.2 Å². The molecule has 0 aliphatic carbocycles. The van der Waals surface area contributed by atoms with Gasteiger partial charge in [-0.2, -0.15) is 5.10 Å². The number of hydrogen-bond donors (Lipinski definition) is 5. The minimum Gasteiger partial charge on any atom is -0.390 e. The number of aliphatic hydroxyl groups excluding tert-OH is 2. The predicted octanol–water partition coefficient (Wildman–Crippen LogP) is -0.112. The molecule has 0 fully saturated rings. The molecule has 1 aromatic carbocycles. The van der Waals surface area contributed by atoms with Crippen LogP contribution in [0.25, 0.3) is 10.9 Å². The first-order valence-corrected chi connectivity index (χ1v) is 5.43. The number of hydrogen-bond acceptors (Lipinski definition) is 5. The Kier molecular flexibility index (Phi) is 3.28. The molecule has 0 amide bonds. The van der Waals surface area contributed by atoms with Crippen LogP contribution in [0.4, 0.5) is 5.82 Å². The quantitative estimate of drug-likeness (QED) is 0.507. The fourth-order valence-corrected chi connectivity index (χ4v) is 1.79. The summed E-state index contributed by atoms with van der Waals surface area (Å²) in [6.45, 7) is 0.331. The third-order valence-corrected chi connectivity index (χ3v) is 2.78. The third kappa shape index (κ3) is 2.23. The SMILES string of the molecule is NCCC(O)C(O)c1ccc2c(N)n[nH]c2c1. The van der Waals surface area contributed by atoms with Crippen molar-refractivity contribution in [2.75, 3.05) is 12.3 Å². The molecule has 1 heterocycles. The summed E-state index contributed by atoms with van der Waals surface area (Å²) in [5.41, 5.74) is 12.3. The molecular formula is C11H16N4O2.